The lowest BCUT2D eigenvalue weighted by molar-refractivity contribution is -0.123. The van der Waals surface area contributed by atoms with Crippen LogP contribution in [0.5, 0.6) is 0 Å². The average Bonchev–Trinajstić information content (AvgIpc) is 3.01. The van der Waals surface area contributed by atoms with Crippen LogP contribution in [0.2, 0.25) is 0 Å². The second-order valence-corrected chi connectivity index (χ2v) is 12.6. The van der Waals surface area contributed by atoms with E-state index in [1.54, 1.807) is 0 Å². The van der Waals surface area contributed by atoms with E-state index in [0.29, 0.717) is 12.8 Å². The predicted octanol–water partition coefficient (Wildman–Crippen LogP) is 11.1. The fraction of sp³-hybridized carbons (Fsp3) is 0.821. The van der Waals surface area contributed by atoms with Crippen LogP contribution in [0.15, 0.2) is 36.5 Å². The Kier molecular flexibility index (Phi) is 34.0. The van der Waals surface area contributed by atoms with Crippen molar-refractivity contribution in [1.82, 2.24) is 5.32 Å². The molecule has 0 aliphatic rings. The summed E-state index contributed by atoms with van der Waals surface area (Å²) in [6, 6.07) is -0.558. The van der Waals surface area contributed by atoms with Crippen LogP contribution in [0.1, 0.15) is 187 Å². The Hall–Kier alpha value is -1.39. The van der Waals surface area contributed by atoms with Crippen molar-refractivity contribution < 1.29 is 15.0 Å². The van der Waals surface area contributed by atoms with Crippen molar-refractivity contribution in [2.24, 2.45) is 0 Å². The van der Waals surface area contributed by atoms with Gasteiger partial charge in [0.25, 0.3) is 0 Å². The van der Waals surface area contributed by atoms with Crippen LogP contribution in [0.25, 0.3) is 0 Å². The van der Waals surface area contributed by atoms with Gasteiger partial charge in [-0.2, -0.15) is 0 Å². The molecule has 3 N–H and O–H groups in total. The first kappa shape index (κ1) is 41.6. The van der Waals surface area contributed by atoms with Crippen molar-refractivity contribution in [2.75, 3.05) is 6.61 Å². The molecule has 4 heteroatoms. The quantitative estimate of drug-likeness (QED) is 0.0516. The lowest BCUT2D eigenvalue weighted by Crippen LogP contribution is -2.45. The zero-order chi connectivity index (χ0) is 31.5. The van der Waals surface area contributed by atoms with Gasteiger partial charge in [0.2, 0.25) is 5.91 Å². The third kappa shape index (κ3) is 31.8. The number of carbonyl (C=O) groups is 1. The summed E-state index contributed by atoms with van der Waals surface area (Å²) in [5.41, 5.74) is 0. The number of carbonyl (C=O) groups excluding carboxylic acids is 1. The second-order valence-electron chi connectivity index (χ2n) is 12.6. The zero-order valence-electron chi connectivity index (χ0n) is 28.7. The molecule has 0 bridgehead atoms. The topological polar surface area (TPSA) is 69.6 Å². The van der Waals surface area contributed by atoms with E-state index in [2.05, 4.69) is 55.6 Å². The molecule has 0 heterocycles. The molecule has 0 aromatic heterocycles. The Morgan fingerprint density at radius 1 is 0.558 bits per heavy atom. The summed E-state index contributed by atoms with van der Waals surface area (Å²) in [4.78, 5) is 12.3. The van der Waals surface area contributed by atoms with E-state index in [9.17, 15) is 15.0 Å². The molecule has 1 amide bonds. The molecule has 0 spiro atoms. The Morgan fingerprint density at radius 2 is 0.953 bits per heavy atom. The lowest BCUT2D eigenvalue weighted by Gasteiger charge is -2.22. The van der Waals surface area contributed by atoms with Crippen molar-refractivity contribution in [3.8, 4) is 0 Å². The normalized spacial score (nSPS) is 13.5. The van der Waals surface area contributed by atoms with Gasteiger partial charge in [0.05, 0.1) is 18.8 Å². The molecule has 0 rings (SSSR count). The molecule has 0 unspecified atom stereocenters. The van der Waals surface area contributed by atoms with Crippen LogP contribution in [0.3, 0.4) is 0 Å². The van der Waals surface area contributed by atoms with Crippen LogP contribution >= 0.6 is 0 Å². The summed E-state index contributed by atoms with van der Waals surface area (Å²) >= 11 is 0. The zero-order valence-corrected chi connectivity index (χ0v) is 28.7. The smallest absolute Gasteiger partial charge is 0.220 e. The molecule has 0 aliphatic carbocycles. The standard InChI is InChI=1S/C39H73NO3/c1-3-5-7-9-11-13-15-17-19-21-22-24-26-28-30-32-34-38(42)37(36-41)40-39(43)35-33-31-29-27-25-23-20-18-16-14-12-10-8-6-4-2/h12,14,18,20,24,26,37-38,41-42H,3-11,13,15-17,19,21-23,25,27-36H2,1-2H3,(H,40,43)/b14-12+,20-18+,26-24+/t37-,38+/m0/s1. The van der Waals surface area contributed by atoms with Crippen LogP contribution < -0.4 is 5.32 Å². The number of nitrogens with one attached hydrogen (secondary N) is 1. The number of allylic oxidation sites excluding steroid dienone is 6. The fourth-order valence-corrected chi connectivity index (χ4v) is 5.44. The minimum atomic E-state index is -0.686. The summed E-state index contributed by atoms with van der Waals surface area (Å²) in [7, 11) is 0. The predicted molar refractivity (Wildman–Crippen MR) is 188 cm³/mol. The summed E-state index contributed by atoms with van der Waals surface area (Å²) in [5, 5.41) is 23.0. The van der Waals surface area contributed by atoms with Gasteiger partial charge in [-0.15, -0.1) is 0 Å². The maximum atomic E-state index is 12.3. The molecule has 0 aliphatic heterocycles. The van der Waals surface area contributed by atoms with E-state index in [4.69, 9.17) is 0 Å². The van der Waals surface area contributed by atoms with Crippen molar-refractivity contribution >= 4 is 5.91 Å². The summed E-state index contributed by atoms with van der Waals surface area (Å²) < 4.78 is 0. The molecule has 43 heavy (non-hydrogen) atoms. The molecule has 0 aromatic carbocycles. The molecule has 0 fully saturated rings. The summed E-state index contributed by atoms with van der Waals surface area (Å²) in [5.74, 6) is -0.0568. The van der Waals surface area contributed by atoms with Crippen LogP contribution in [-0.4, -0.2) is 34.9 Å². The second kappa shape index (κ2) is 35.1. The van der Waals surface area contributed by atoms with Gasteiger partial charge in [-0.25, -0.2) is 0 Å². The molecule has 4 nitrogen and oxygen atoms in total. The van der Waals surface area contributed by atoms with E-state index in [0.717, 1.165) is 51.4 Å². The molecule has 0 saturated carbocycles. The van der Waals surface area contributed by atoms with Crippen LogP contribution in [0, 0.1) is 0 Å². The third-order valence-electron chi connectivity index (χ3n) is 8.37. The number of aliphatic hydroxyl groups excluding tert-OH is 2. The SMILES string of the molecule is CCCCC/C=C/C/C=C/CCCCCCCC(=O)N[C@@H](CO)[C@H](O)CCCC/C=C/CCCCCCCCCCCC. The van der Waals surface area contributed by atoms with E-state index >= 15 is 0 Å². The first-order valence-electron chi connectivity index (χ1n) is 18.7. The maximum Gasteiger partial charge on any atom is 0.220 e. The van der Waals surface area contributed by atoms with E-state index in [1.165, 1.54) is 109 Å². The maximum absolute atomic E-state index is 12.3. The number of hydrogen-bond donors (Lipinski definition) is 3. The van der Waals surface area contributed by atoms with Gasteiger partial charge in [0.1, 0.15) is 0 Å². The van der Waals surface area contributed by atoms with Gasteiger partial charge in [-0.05, 0) is 70.6 Å². The lowest BCUT2D eigenvalue weighted by atomic mass is 10.0. The van der Waals surface area contributed by atoms with Crippen LogP contribution in [0.4, 0.5) is 0 Å². The van der Waals surface area contributed by atoms with Gasteiger partial charge >= 0.3 is 0 Å². The third-order valence-corrected chi connectivity index (χ3v) is 8.37. The Balaban J connectivity index is 3.64. The largest absolute Gasteiger partial charge is 0.394 e. The number of amides is 1. The molecule has 252 valence electrons. The molecular weight excluding hydrogens is 530 g/mol. The van der Waals surface area contributed by atoms with Crippen LogP contribution in [-0.2, 0) is 4.79 Å². The van der Waals surface area contributed by atoms with Crippen molar-refractivity contribution in [3.05, 3.63) is 36.5 Å². The first-order valence-corrected chi connectivity index (χ1v) is 18.7. The highest BCUT2D eigenvalue weighted by molar-refractivity contribution is 5.76. The minimum absolute atomic E-state index is 0.0568. The molecule has 0 saturated heterocycles. The molecule has 0 aromatic rings. The number of rotatable bonds is 33. The highest BCUT2D eigenvalue weighted by atomic mass is 16.3. The highest BCUT2D eigenvalue weighted by Crippen LogP contribution is 2.13. The van der Waals surface area contributed by atoms with Gasteiger partial charge in [-0.1, -0.05) is 147 Å². The Bertz CT molecular complexity index is 657. The molecular formula is C39H73NO3. The summed E-state index contributed by atoms with van der Waals surface area (Å²) in [6.07, 6.45) is 44.8. The van der Waals surface area contributed by atoms with Crippen molar-refractivity contribution in [3.63, 3.8) is 0 Å². The number of hydrogen-bond acceptors (Lipinski definition) is 3. The summed E-state index contributed by atoms with van der Waals surface area (Å²) in [6.45, 7) is 4.30. The highest BCUT2D eigenvalue weighted by Gasteiger charge is 2.19. The van der Waals surface area contributed by atoms with Gasteiger partial charge in [-0.3, -0.25) is 4.79 Å². The van der Waals surface area contributed by atoms with Crippen molar-refractivity contribution in [1.29, 1.82) is 0 Å². The van der Waals surface area contributed by atoms with Gasteiger partial charge < -0.3 is 15.5 Å². The van der Waals surface area contributed by atoms with E-state index in [1.807, 2.05) is 0 Å². The number of unbranched alkanes of at least 4 members (excludes halogenated alkanes) is 20. The Labute approximate surface area is 268 Å². The first-order chi connectivity index (χ1) is 21.2. The minimum Gasteiger partial charge on any atom is -0.394 e. The Morgan fingerprint density at radius 3 is 1.47 bits per heavy atom. The van der Waals surface area contributed by atoms with Gasteiger partial charge in [0, 0.05) is 6.42 Å². The monoisotopic (exact) mass is 604 g/mol. The van der Waals surface area contributed by atoms with Gasteiger partial charge in [0.15, 0.2) is 0 Å². The van der Waals surface area contributed by atoms with E-state index < -0.39 is 12.1 Å². The molecule has 0 radical (unpaired) electrons. The molecule has 2 atom stereocenters. The number of aliphatic hydroxyl groups is 2. The fourth-order valence-electron chi connectivity index (χ4n) is 5.44. The van der Waals surface area contributed by atoms with Crippen molar-refractivity contribution in [2.45, 2.75) is 199 Å². The van der Waals surface area contributed by atoms with E-state index in [-0.39, 0.29) is 12.5 Å². The average molecular weight is 604 g/mol.